The number of aromatic amines is 1. The number of amides is 1. The summed E-state index contributed by atoms with van der Waals surface area (Å²) in [5.41, 5.74) is 0.857. The van der Waals surface area contributed by atoms with E-state index in [9.17, 15) is 13.2 Å². The predicted molar refractivity (Wildman–Crippen MR) is 93.2 cm³/mol. The number of nitrogens with zero attached hydrogens (tertiary/aromatic N) is 1. The fraction of sp³-hybridized carbons (Fsp3) is 0.333. The van der Waals surface area contributed by atoms with Gasteiger partial charge in [0.2, 0.25) is 10.0 Å². The quantitative estimate of drug-likeness (QED) is 0.589. The molecule has 10 heteroatoms. The zero-order chi connectivity index (χ0) is 18.4. The second-order valence-corrected chi connectivity index (χ2v) is 7.39. The molecule has 0 radical (unpaired) electrons. The Kier molecular flexibility index (Phi) is 6.40. The van der Waals surface area contributed by atoms with Crippen LogP contribution in [-0.4, -0.2) is 44.2 Å². The predicted octanol–water partition coefficient (Wildman–Crippen LogP) is 1.15. The molecule has 0 aliphatic heterocycles. The maximum atomic E-state index is 12.2. The van der Waals surface area contributed by atoms with Gasteiger partial charge in [-0.2, -0.15) is 5.10 Å². The van der Waals surface area contributed by atoms with E-state index in [0.717, 1.165) is 0 Å². The molecule has 0 unspecified atom stereocenters. The summed E-state index contributed by atoms with van der Waals surface area (Å²) in [4.78, 5) is 11.8. The Balaban J connectivity index is 1.73. The van der Waals surface area contributed by atoms with E-state index in [1.54, 1.807) is 38.1 Å². The van der Waals surface area contributed by atoms with Gasteiger partial charge < -0.3 is 10.1 Å². The van der Waals surface area contributed by atoms with E-state index in [1.807, 2.05) is 0 Å². The fourth-order valence-electron chi connectivity index (χ4n) is 2.13. The average molecular weight is 387 g/mol. The Morgan fingerprint density at radius 1 is 1.24 bits per heavy atom. The van der Waals surface area contributed by atoms with Crippen molar-refractivity contribution >= 4 is 27.5 Å². The van der Waals surface area contributed by atoms with E-state index < -0.39 is 10.0 Å². The Labute approximate surface area is 151 Å². The van der Waals surface area contributed by atoms with Crippen LogP contribution < -0.4 is 14.8 Å². The van der Waals surface area contributed by atoms with Gasteiger partial charge in [-0.05, 0) is 38.1 Å². The molecule has 0 saturated carbocycles. The molecular formula is C15H19ClN4O4S. The Bertz CT molecular complexity index is 814. The number of sulfonamides is 1. The van der Waals surface area contributed by atoms with Crippen LogP contribution in [0.15, 0.2) is 29.2 Å². The standard InChI is InChI=1S/C15H19ClN4O4S/c1-10-15(11(2)20-19-10)25(22,23)18-8-7-17-14(21)9-24-13-5-3-12(16)4-6-13/h3-6,18H,7-9H2,1-2H3,(H,17,21)(H,19,20). The Hall–Kier alpha value is -2.10. The number of aromatic nitrogens is 2. The van der Waals surface area contributed by atoms with Crippen LogP contribution in [0, 0.1) is 13.8 Å². The molecule has 1 aromatic carbocycles. The summed E-state index contributed by atoms with van der Waals surface area (Å²) in [6.07, 6.45) is 0. The van der Waals surface area contributed by atoms with Crippen molar-refractivity contribution in [3.05, 3.63) is 40.7 Å². The molecule has 0 saturated heterocycles. The lowest BCUT2D eigenvalue weighted by Gasteiger charge is -2.09. The number of carbonyl (C=O) groups excluding carboxylic acids is 1. The van der Waals surface area contributed by atoms with E-state index in [-0.39, 0.29) is 30.5 Å². The van der Waals surface area contributed by atoms with Gasteiger partial charge in [-0.15, -0.1) is 0 Å². The SMILES string of the molecule is Cc1n[nH]c(C)c1S(=O)(=O)NCCNC(=O)COc1ccc(Cl)cc1. The van der Waals surface area contributed by atoms with Crippen molar-refractivity contribution in [2.75, 3.05) is 19.7 Å². The van der Waals surface area contributed by atoms with Crippen LogP contribution in [-0.2, 0) is 14.8 Å². The number of nitrogens with one attached hydrogen (secondary N) is 3. The average Bonchev–Trinajstić information content (AvgIpc) is 2.90. The summed E-state index contributed by atoms with van der Waals surface area (Å²) >= 11 is 5.76. The first-order valence-corrected chi connectivity index (χ1v) is 9.32. The molecule has 0 atom stereocenters. The molecule has 136 valence electrons. The van der Waals surface area contributed by atoms with E-state index in [2.05, 4.69) is 20.2 Å². The number of ether oxygens (including phenoxy) is 1. The number of hydrogen-bond acceptors (Lipinski definition) is 5. The number of benzene rings is 1. The van der Waals surface area contributed by atoms with E-state index >= 15 is 0 Å². The molecule has 1 amide bonds. The van der Waals surface area contributed by atoms with Crippen LogP contribution in [0.3, 0.4) is 0 Å². The molecule has 1 heterocycles. The molecule has 3 N–H and O–H groups in total. The molecule has 25 heavy (non-hydrogen) atoms. The molecule has 0 aliphatic rings. The lowest BCUT2D eigenvalue weighted by molar-refractivity contribution is -0.123. The molecule has 1 aromatic heterocycles. The smallest absolute Gasteiger partial charge is 0.257 e. The molecule has 2 rings (SSSR count). The summed E-state index contributed by atoms with van der Waals surface area (Å²) in [7, 11) is -3.67. The molecule has 0 spiro atoms. The van der Waals surface area contributed by atoms with Crippen molar-refractivity contribution < 1.29 is 17.9 Å². The second kappa shape index (κ2) is 8.32. The minimum absolute atomic E-state index is 0.0546. The zero-order valence-electron chi connectivity index (χ0n) is 13.8. The summed E-state index contributed by atoms with van der Waals surface area (Å²) in [5.74, 6) is 0.163. The monoisotopic (exact) mass is 386 g/mol. The third-order valence-electron chi connectivity index (χ3n) is 3.25. The number of aryl methyl sites for hydroxylation is 2. The van der Waals surface area contributed by atoms with Crippen molar-refractivity contribution in [3.8, 4) is 5.75 Å². The van der Waals surface area contributed by atoms with Crippen LogP contribution >= 0.6 is 11.6 Å². The number of hydrogen-bond donors (Lipinski definition) is 3. The van der Waals surface area contributed by atoms with Gasteiger partial charge in [-0.3, -0.25) is 9.89 Å². The van der Waals surface area contributed by atoms with Crippen LogP contribution in [0.2, 0.25) is 5.02 Å². The maximum absolute atomic E-state index is 12.2. The van der Waals surface area contributed by atoms with Crippen LogP contribution in [0.5, 0.6) is 5.75 Å². The number of carbonyl (C=O) groups is 1. The van der Waals surface area contributed by atoms with Gasteiger partial charge in [0.05, 0.1) is 11.4 Å². The van der Waals surface area contributed by atoms with Gasteiger partial charge in [0, 0.05) is 18.1 Å². The lowest BCUT2D eigenvalue weighted by atomic mass is 10.3. The second-order valence-electron chi connectivity index (χ2n) is 5.25. The normalized spacial score (nSPS) is 11.3. The number of H-pyrrole nitrogens is 1. The molecule has 0 aliphatic carbocycles. The number of rotatable bonds is 8. The van der Waals surface area contributed by atoms with Crippen LogP contribution in [0.25, 0.3) is 0 Å². The summed E-state index contributed by atoms with van der Waals surface area (Å²) < 4.78 is 32.1. The van der Waals surface area contributed by atoms with Gasteiger partial charge in [-0.25, -0.2) is 13.1 Å². The number of halogens is 1. The highest BCUT2D eigenvalue weighted by Gasteiger charge is 2.21. The molecular weight excluding hydrogens is 368 g/mol. The highest BCUT2D eigenvalue weighted by atomic mass is 35.5. The van der Waals surface area contributed by atoms with E-state index in [1.165, 1.54) is 0 Å². The topological polar surface area (TPSA) is 113 Å². The first-order chi connectivity index (χ1) is 11.8. The Morgan fingerprint density at radius 2 is 1.92 bits per heavy atom. The minimum atomic E-state index is -3.67. The largest absolute Gasteiger partial charge is 0.484 e. The lowest BCUT2D eigenvalue weighted by Crippen LogP contribution is -2.37. The molecule has 0 bridgehead atoms. The van der Waals surface area contributed by atoms with Crippen molar-refractivity contribution in [3.63, 3.8) is 0 Å². The first kappa shape index (κ1) is 19.2. The first-order valence-electron chi connectivity index (χ1n) is 7.46. The van der Waals surface area contributed by atoms with Crippen LogP contribution in [0.1, 0.15) is 11.4 Å². The van der Waals surface area contributed by atoms with Crippen molar-refractivity contribution in [2.24, 2.45) is 0 Å². The molecule has 2 aromatic rings. The maximum Gasteiger partial charge on any atom is 0.257 e. The van der Waals surface area contributed by atoms with Crippen molar-refractivity contribution in [1.29, 1.82) is 0 Å². The van der Waals surface area contributed by atoms with Gasteiger partial charge in [0.15, 0.2) is 6.61 Å². The minimum Gasteiger partial charge on any atom is -0.484 e. The van der Waals surface area contributed by atoms with Gasteiger partial charge >= 0.3 is 0 Å². The van der Waals surface area contributed by atoms with Gasteiger partial charge in [0.1, 0.15) is 10.6 Å². The van der Waals surface area contributed by atoms with Gasteiger partial charge in [-0.1, -0.05) is 11.6 Å². The van der Waals surface area contributed by atoms with E-state index in [0.29, 0.717) is 22.2 Å². The van der Waals surface area contributed by atoms with Crippen molar-refractivity contribution in [2.45, 2.75) is 18.7 Å². The fourth-order valence-corrected chi connectivity index (χ4v) is 3.65. The van der Waals surface area contributed by atoms with Crippen molar-refractivity contribution in [1.82, 2.24) is 20.2 Å². The highest BCUT2D eigenvalue weighted by Crippen LogP contribution is 2.16. The molecule has 8 nitrogen and oxygen atoms in total. The summed E-state index contributed by atoms with van der Waals surface area (Å²) in [6.45, 7) is 3.25. The Morgan fingerprint density at radius 3 is 2.52 bits per heavy atom. The highest BCUT2D eigenvalue weighted by molar-refractivity contribution is 7.89. The molecule has 0 fully saturated rings. The summed E-state index contributed by atoms with van der Waals surface area (Å²) in [6, 6.07) is 6.62. The van der Waals surface area contributed by atoms with Crippen LogP contribution in [0.4, 0.5) is 0 Å². The zero-order valence-corrected chi connectivity index (χ0v) is 15.4. The van der Waals surface area contributed by atoms with E-state index in [4.69, 9.17) is 16.3 Å². The summed E-state index contributed by atoms with van der Waals surface area (Å²) in [5, 5.41) is 9.63. The third kappa shape index (κ3) is 5.45. The van der Waals surface area contributed by atoms with Gasteiger partial charge in [0.25, 0.3) is 5.91 Å². The third-order valence-corrected chi connectivity index (χ3v) is 5.23.